The Morgan fingerprint density at radius 3 is 2.78 bits per heavy atom. The van der Waals surface area contributed by atoms with E-state index in [9.17, 15) is 14.3 Å². The third-order valence-corrected chi connectivity index (χ3v) is 3.90. The summed E-state index contributed by atoms with van der Waals surface area (Å²) in [5.74, 6) is -1.16. The van der Waals surface area contributed by atoms with Crippen LogP contribution in [0.15, 0.2) is 47.7 Å². The highest BCUT2D eigenvalue weighted by atomic mass is 19.1. The fourth-order valence-corrected chi connectivity index (χ4v) is 2.58. The molecule has 2 aromatic carbocycles. The van der Waals surface area contributed by atoms with E-state index in [2.05, 4.69) is 14.8 Å². The first-order valence-corrected chi connectivity index (χ1v) is 7.96. The Labute approximate surface area is 154 Å². The Hall–Kier alpha value is -3.68. The lowest BCUT2D eigenvalue weighted by Gasteiger charge is -2.10. The minimum atomic E-state index is -0.598. The number of imidazole rings is 1. The number of aryl methyl sites for hydroxylation is 1. The molecular weight excluding hydrogens is 351 g/mol. The van der Waals surface area contributed by atoms with Gasteiger partial charge in [0.15, 0.2) is 0 Å². The first-order valence-electron chi connectivity index (χ1n) is 7.96. The van der Waals surface area contributed by atoms with Crippen LogP contribution in [0.1, 0.15) is 21.6 Å². The van der Waals surface area contributed by atoms with Crippen molar-refractivity contribution in [3.63, 3.8) is 0 Å². The number of phenolic OH excluding ortho intramolecular Hbond substituents is 1. The molecule has 3 N–H and O–H groups in total. The summed E-state index contributed by atoms with van der Waals surface area (Å²) < 4.78 is 20.3. The third kappa shape index (κ3) is 3.64. The number of esters is 1. The van der Waals surface area contributed by atoms with Crippen molar-refractivity contribution < 1.29 is 19.0 Å². The lowest BCUT2D eigenvalue weighted by Crippen LogP contribution is -2.02. The molecule has 0 aliphatic rings. The summed E-state index contributed by atoms with van der Waals surface area (Å²) in [5.41, 5.74) is 7.24. The molecule has 138 valence electrons. The maximum absolute atomic E-state index is 14.3. The van der Waals surface area contributed by atoms with Crippen LogP contribution in [0.25, 0.3) is 11.1 Å². The number of phenols is 1. The van der Waals surface area contributed by atoms with Gasteiger partial charge in [0.05, 0.1) is 30.8 Å². The van der Waals surface area contributed by atoms with Gasteiger partial charge in [-0.2, -0.15) is 5.10 Å². The molecule has 3 aromatic rings. The number of hydrogen-bond acceptors (Lipinski definition) is 6. The van der Waals surface area contributed by atoms with Gasteiger partial charge in [0, 0.05) is 16.7 Å². The van der Waals surface area contributed by atoms with Crippen LogP contribution in [0.3, 0.4) is 0 Å². The topological polar surface area (TPSA) is 103 Å². The van der Waals surface area contributed by atoms with Crippen LogP contribution in [-0.4, -0.2) is 34.1 Å². The van der Waals surface area contributed by atoms with Gasteiger partial charge in [0.25, 0.3) is 0 Å². The molecule has 0 amide bonds. The Kier molecular flexibility index (Phi) is 4.89. The number of para-hydroxylation sites is 1. The molecule has 0 spiro atoms. The van der Waals surface area contributed by atoms with Gasteiger partial charge in [-0.3, -0.25) is 0 Å². The number of carbonyl (C=O) groups excluding carboxylic acids is 1. The van der Waals surface area contributed by atoms with Crippen LogP contribution < -0.4 is 5.73 Å². The summed E-state index contributed by atoms with van der Waals surface area (Å²) in [6.45, 7) is 1.78. The van der Waals surface area contributed by atoms with Crippen molar-refractivity contribution in [2.45, 2.75) is 6.92 Å². The van der Waals surface area contributed by atoms with Crippen LogP contribution in [0, 0.1) is 12.7 Å². The predicted octanol–water partition coefficient (Wildman–Crippen LogP) is 2.95. The SMILES string of the molecule is COC(=O)c1ccc(F)c(-c2cccc(C=Nn3cc(C)nc3N)c2O)c1. The number of aromatic hydroxyl groups is 1. The number of methoxy groups -OCH3 is 1. The number of anilines is 1. The summed E-state index contributed by atoms with van der Waals surface area (Å²) in [5, 5.41) is 14.7. The molecule has 0 saturated heterocycles. The average molecular weight is 368 g/mol. The number of nitrogens with zero attached hydrogens (tertiary/aromatic N) is 3. The molecule has 0 atom stereocenters. The van der Waals surface area contributed by atoms with Gasteiger partial charge in [-0.25, -0.2) is 18.8 Å². The number of hydrogen-bond donors (Lipinski definition) is 2. The molecule has 0 unspecified atom stereocenters. The van der Waals surface area contributed by atoms with E-state index < -0.39 is 11.8 Å². The highest BCUT2D eigenvalue weighted by Crippen LogP contribution is 2.33. The Morgan fingerprint density at radius 2 is 2.11 bits per heavy atom. The van der Waals surface area contributed by atoms with Gasteiger partial charge in [-0.1, -0.05) is 12.1 Å². The second kappa shape index (κ2) is 7.28. The normalized spacial score (nSPS) is 11.1. The quantitative estimate of drug-likeness (QED) is 0.544. The zero-order valence-electron chi connectivity index (χ0n) is 14.7. The number of halogens is 1. The fourth-order valence-electron chi connectivity index (χ4n) is 2.58. The van der Waals surface area contributed by atoms with Crippen molar-refractivity contribution in [2.24, 2.45) is 5.10 Å². The zero-order chi connectivity index (χ0) is 19.6. The van der Waals surface area contributed by atoms with Gasteiger partial charge in [0.2, 0.25) is 5.95 Å². The number of carbonyl (C=O) groups is 1. The number of benzene rings is 2. The van der Waals surface area contributed by atoms with Crippen LogP contribution in [0.2, 0.25) is 0 Å². The van der Waals surface area contributed by atoms with Gasteiger partial charge in [-0.05, 0) is 31.2 Å². The van der Waals surface area contributed by atoms with E-state index >= 15 is 0 Å². The molecule has 0 aliphatic heterocycles. The van der Waals surface area contributed by atoms with Crippen LogP contribution >= 0.6 is 0 Å². The maximum atomic E-state index is 14.3. The summed E-state index contributed by atoms with van der Waals surface area (Å²) >= 11 is 0. The van der Waals surface area contributed by atoms with E-state index in [4.69, 9.17) is 5.73 Å². The van der Waals surface area contributed by atoms with Crippen molar-refractivity contribution in [3.8, 4) is 16.9 Å². The average Bonchev–Trinajstić information content (AvgIpc) is 2.98. The first-order chi connectivity index (χ1) is 12.9. The number of nitrogens with two attached hydrogens (primary N) is 1. The van der Waals surface area contributed by atoms with E-state index in [-0.39, 0.29) is 28.4 Å². The molecule has 1 heterocycles. The van der Waals surface area contributed by atoms with Gasteiger partial charge >= 0.3 is 5.97 Å². The number of aromatic nitrogens is 2. The number of ether oxygens (including phenoxy) is 1. The molecule has 0 bridgehead atoms. The predicted molar refractivity (Wildman–Crippen MR) is 99.2 cm³/mol. The molecule has 0 aliphatic carbocycles. The minimum Gasteiger partial charge on any atom is -0.507 e. The zero-order valence-corrected chi connectivity index (χ0v) is 14.7. The van der Waals surface area contributed by atoms with E-state index in [1.54, 1.807) is 31.3 Å². The third-order valence-electron chi connectivity index (χ3n) is 3.90. The lowest BCUT2D eigenvalue weighted by atomic mass is 9.99. The maximum Gasteiger partial charge on any atom is 0.337 e. The second-order valence-corrected chi connectivity index (χ2v) is 5.76. The van der Waals surface area contributed by atoms with Crippen molar-refractivity contribution >= 4 is 18.1 Å². The molecule has 1 aromatic heterocycles. The Bertz CT molecular complexity index is 1040. The largest absolute Gasteiger partial charge is 0.507 e. The lowest BCUT2D eigenvalue weighted by molar-refractivity contribution is 0.0600. The van der Waals surface area contributed by atoms with Crippen molar-refractivity contribution in [3.05, 3.63) is 65.2 Å². The van der Waals surface area contributed by atoms with Crippen molar-refractivity contribution in [2.75, 3.05) is 12.8 Å². The first kappa shape index (κ1) is 18.1. The highest BCUT2D eigenvalue weighted by molar-refractivity contribution is 5.93. The smallest absolute Gasteiger partial charge is 0.337 e. The molecule has 8 heteroatoms. The van der Waals surface area contributed by atoms with Crippen LogP contribution in [0.5, 0.6) is 5.75 Å². The second-order valence-electron chi connectivity index (χ2n) is 5.76. The molecule has 7 nitrogen and oxygen atoms in total. The number of rotatable bonds is 4. The van der Waals surface area contributed by atoms with Crippen LogP contribution in [-0.2, 0) is 4.74 Å². The highest BCUT2D eigenvalue weighted by Gasteiger charge is 2.15. The fraction of sp³-hybridized carbons (Fsp3) is 0.105. The summed E-state index contributed by atoms with van der Waals surface area (Å²) in [4.78, 5) is 15.7. The molecule has 0 radical (unpaired) electrons. The van der Waals surface area contributed by atoms with Gasteiger partial charge in [0.1, 0.15) is 11.6 Å². The molecule has 27 heavy (non-hydrogen) atoms. The molecule has 0 fully saturated rings. The minimum absolute atomic E-state index is 0.0728. The van der Waals surface area contributed by atoms with Crippen molar-refractivity contribution in [1.29, 1.82) is 0 Å². The molecule has 0 saturated carbocycles. The molecular formula is C19H17FN4O3. The number of nitrogen functional groups attached to an aromatic ring is 1. The Morgan fingerprint density at radius 1 is 1.33 bits per heavy atom. The van der Waals surface area contributed by atoms with E-state index in [1.165, 1.54) is 30.1 Å². The summed E-state index contributed by atoms with van der Waals surface area (Å²) in [6, 6.07) is 8.59. The van der Waals surface area contributed by atoms with Crippen molar-refractivity contribution in [1.82, 2.24) is 9.66 Å². The van der Waals surface area contributed by atoms with Crippen LogP contribution in [0.4, 0.5) is 10.3 Å². The van der Waals surface area contributed by atoms with E-state index in [0.29, 0.717) is 11.3 Å². The van der Waals surface area contributed by atoms with E-state index in [0.717, 1.165) is 6.07 Å². The van der Waals surface area contributed by atoms with Gasteiger partial charge in [-0.15, -0.1) is 0 Å². The summed E-state index contributed by atoms with van der Waals surface area (Å²) in [6.07, 6.45) is 3.02. The Balaban J connectivity index is 2.03. The van der Waals surface area contributed by atoms with Gasteiger partial charge < -0.3 is 15.6 Å². The molecule has 3 rings (SSSR count). The summed E-state index contributed by atoms with van der Waals surface area (Å²) in [7, 11) is 1.24. The monoisotopic (exact) mass is 368 g/mol. The van der Waals surface area contributed by atoms with E-state index in [1.807, 2.05) is 0 Å². The standard InChI is InChI=1S/C19H17FN4O3/c1-11-10-24(19(21)23-11)22-9-13-4-3-5-14(17(13)25)15-8-12(18(26)27-2)6-7-16(15)20/h3-10,25H,1-2H3,(H2,21,23).